The molecule has 0 unspecified atom stereocenters. The van der Waals surface area contributed by atoms with Crippen molar-refractivity contribution in [1.82, 2.24) is 4.90 Å². The first-order valence-electron chi connectivity index (χ1n) is 7.73. The van der Waals surface area contributed by atoms with E-state index in [0.29, 0.717) is 38.5 Å². The molecule has 0 aromatic rings. The van der Waals surface area contributed by atoms with Crippen LogP contribution in [-0.4, -0.2) is 59.0 Å². The van der Waals surface area contributed by atoms with Gasteiger partial charge in [-0.05, 0) is 48.5 Å². The summed E-state index contributed by atoms with van der Waals surface area (Å²) in [7, 11) is -2.96. The molecular weight excluding hydrogens is 274 g/mol. The number of rotatable bonds is 12. The molecule has 0 heterocycles. The maximum atomic E-state index is 5.91. The van der Waals surface area contributed by atoms with Crippen molar-refractivity contribution in [1.29, 1.82) is 0 Å². The molecule has 0 radical (unpaired) electrons. The summed E-state index contributed by atoms with van der Waals surface area (Å²) in [5, 5.41) is 0. The maximum absolute atomic E-state index is 5.91. The Bertz CT molecular complexity index is 214. The first-order valence-corrected chi connectivity index (χ1v) is 9.37. The van der Waals surface area contributed by atoms with Crippen molar-refractivity contribution in [2.24, 2.45) is 0 Å². The van der Waals surface area contributed by atoms with Crippen LogP contribution in [0.2, 0.25) is 0 Å². The van der Waals surface area contributed by atoms with Gasteiger partial charge in [-0.15, -0.1) is 0 Å². The molecular formula is C14H33NO4Si. The van der Waals surface area contributed by atoms with E-state index < -0.39 is 9.05 Å². The molecule has 20 heavy (non-hydrogen) atoms. The Morgan fingerprint density at radius 2 is 1.15 bits per heavy atom. The summed E-state index contributed by atoms with van der Waals surface area (Å²) in [6, 6.07) is 0.974. The highest BCUT2D eigenvalue weighted by molar-refractivity contribution is 6.53. The van der Waals surface area contributed by atoms with E-state index >= 15 is 0 Å². The summed E-state index contributed by atoms with van der Waals surface area (Å²) in [4.78, 5) is 2.38. The Kier molecular flexibility index (Phi) is 10.7. The fraction of sp³-hybridized carbons (Fsp3) is 1.00. The first-order chi connectivity index (χ1) is 9.42. The number of hydrogen-bond acceptors (Lipinski definition) is 5. The van der Waals surface area contributed by atoms with Gasteiger partial charge in [0.05, 0.1) is 6.61 Å². The highest BCUT2D eigenvalue weighted by atomic mass is 28.4. The van der Waals surface area contributed by atoms with E-state index in [1.807, 2.05) is 20.8 Å². The van der Waals surface area contributed by atoms with Crippen molar-refractivity contribution in [2.45, 2.75) is 60.5 Å². The molecule has 0 N–H and O–H groups in total. The van der Waals surface area contributed by atoms with E-state index in [1.54, 1.807) is 0 Å². The second kappa shape index (κ2) is 10.7. The SMILES string of the molecule is CCO[Si](OCC)(OCC)OCCN(C(C)C)C(C)C. The molecule has 0 saturated carbocycles. The average Bonchev–Trinajstić information content (AvgIpc) is 2.34. The molecule has 122 valence electrons. The summed E-state index contributed by atoms with van der Waals surface area (Å²) in [5.74, 6) is 0. The minimum Gasteiger partial charge on any atom is -0.351 e. The molecule has 0 amide bonds. The third kappa shape index (κ3) is 7.15. The van der Waals surface area contributed by atoms with Crippen LogP contribution >= 0.6 is 0 Å². The van der Waals surface area contributed by atoms with Crippen molar-refractivity contribution in [2.75, 3.05) is 33.0 Å². The fourth-order valence-corrected chi connectivity index (χ4v) is 4.07. The zero-order valence-corrected chi connectivity index (χ0v) is 15.3. The number of nitrogens with zero attached hydrogens (tertiary/aromatic N) is 1. The van der Waals surface area contributed by atoms with Crippen molar-refractivity contribution in [3.05, 3.63) is 0 Å². The van der Waals surface area contributed by atoms with Crippen molar-refractivity contribution in [3.63, 3.8) is 0 Å². The molecule has 0 rings (SSSR count). The van der Waals surface area contributed by atoms with E-state index in [2.05, 4.69) is 32.6 Å². The fourth-order valence-electron chi connectivity index (χ4n) is 2.17. The van der Waals surface area contributed by atoms with E-state index in [1.165, 1.54) is 0 Å². The Balaban J connectivity index is 4.50. The second-order valence-corrected chi connectivity index (χ2v) is 7.23. The minimum absolute atomic E-state index is 0.487. The standard InChI is InChI=1S/C14H33NO4Si/c1-8-16-20(17-9-2,18-10-3)19-12-11-15(13(4)5)14(6)7/h13-14H,8-12H2,1-7H3. The van der Waals surface area contributed by atoms with Gasteiger partial charge >= 0.3 is 9.05 Å². The van der Waals surface area contributed by atoms with Gasteiger partial charge in [0.1, 0.15) is 0 Å². The van der Waals surface area contributed by atoms with Crippen LogP contribution in [0.25, 0.3) is 0 Å². The molecule has 5 nitrogen and oxygen atoms in total. The molecule has 0 aliphatic rings. The molecule has 0 spiro atoms. The molecule has 6 heteroatoms. The largest absolute Gasteiger partial charge is 0.679 e. The van der Waals surface area contributed by atoms with Crippen molar-refractivity contribution < 1.29 is 17.7 Å². The van der Waals surface area contributed by atoms with Gasteiger partial charge in [0.25, 0.3) is 0 Å². The van der Waals surface area contributed by atoms with E-state index in [4.69, 9.17) is 17.7 Å². The normalized spacial score (nSPS) is 12.9. The van der Waals surface area contributed by atoms with Crippen LogP contribution in [0, 0.1) is 0 Å². The zero-order valence-electron chi connectivity index (χ0n) is 14.3. The molecule has 0 saturated heterocycles. The smallest absolute Gasteiger partial charge is 0.351 e. The van der Waals surface area contributed by atoms with Crippen LogP contribution in [0.5, 0.6) is 0 Å². The third-order valence-electron chi connectivity index (χ3n) is 2.92. The molecule has 0 bridgehead atoms. The van der Waals surface area contributed by atoms with Crippen LogP contribution in [0.4, 0.5) is 0 Å². The van der Waals surface area contributed by atoms with Gasteiger partial charge in [0.15, 0.2) is 0 Å². The third-order valence-corrected chi connectivity index (χ3v) is 5.40. The van der Waals surface area contributed by atoms with E-state index in [9.17, 15) is 0 Å². The lowest BCUT2D eigenvalue weighted by Crippen LogP contribution is -2.51. The number of hydrogen-bond donors (Lipinski definition) is 0. The van der Waals surface area contributed by atoms with Gasteiger partial charge < -0.3 is 17.7 Å². The molecule has 0 aromatic heterocycles. The van der Waals surface area contributed by atoms with E-state index in [-0.39, 0.29) is 0 Å². The maximum Gasteiger partial charge on any atom is 0.679 e. The Morgan fingerprint density at radius 1 is 0.750 bits per heavy atom. The van der Waals surface area contributed by atoms with Crippen molar-refractivity contribution in [3.8, 4) is 0 Å². The van der Waals surface area contributed by atoms with E-state index in [0.717, 1.165) is 6.54 Å². The lowest BCUT2D eigenvalue weighted by Gasteiger charge is -2.32. The second-order valence-electron chi connectivity index (χ2n) is 5.07. The molecule has 0 aliphatic heterocycles. The Morgan fingerprint density at radius 3 is 1.45 bits per heavy atom. The monoisotopic (exact) mass is 307 g/mol. The summed E-state index contributed by atoms with van der Waals surface area (Å²) in [6.07, 6.45) is 0. The van der Waals surface area contributed by atoms with Gasteiger partial charge in [-0.2, -0.15) is 0 Å². The highest BCUT2D eigenvalue weighted by Gasteiger charge is 2.44. The highest BCUT2D eigenvalue weighted by Crippen LogP contribution is 2.13. The lowest BCUT2D eigenvalue weighted by atomic mass is 10.2. The molecule has 0 aromatic carbocycles. The quantitative estimate of drug-likeness (QED) is 0.518. The predicted molar refractivity (Wildman–Crippen MR) is 83.6 cm³/mol. The van der Waals surface area contributed by atoms with Gasteiger partial charge in [0.2, 0.25) is 0 Å². The van der Waals surface area contributed by atoms with Gasteiger partial charge in [-0.25, -0.2) is 0 Å². The Hall–Kier alpha value is 0.0169. The minimum atomic E-state index is -2.96. The Labute approximate surface area is 126 Å². The zero-order chi connectivity index (χ0) is 15.6. The summed E-state index contributed by atoms with van der Waals surface area (Å²) in [5.41, 5.74) is 0. The summed E-state index contributed by atoms with van der Waals surface area (Å²) in [6.45, 7) is 17.6. The first kappa shape index (κ1) is 20.0. The summed E-state index contributed by atoms with van der Waals surface area (Å²) >= 11 is 0. The lowest BCUT2D eigenvalue weighted by molar-refractivity contribution is -0.0332. The van der Waals surface area contributed by atoms with Crippen molar-refractivity contribution >= 4 is 9.05 Å². The van der Waals surface area contributed by atoms with Crippen LogP contribution in [0.3, 0.4) is 0 Å². The molecule has 0 aliphatic carbocycles. The van der Waals surface area contributed by atoms with Crippen LogP contribution < -0.4 is 0 Å². The van der Waals surface area contributed by atoms with Gasteiger partial charge in [0, 0.05) is 38.4 Å². The predicted octanol–water partition coefficient (Wildman–Crippen LogP) is 2.67. The van der Waals surface area contributed by atoms with Gasteiger partial charge in [-0.3, -0.25) is 4.90 Å². The van der Waals surface area contributed by atoms with Crippen LogP contribution in [0.15, 0.2) is 0 Å². The van der Waals surface area contributed by atoms with Crippen LogP contribution in [-0.2, 0) is 17.7 Å². The average molecular weight is 308 g/mol. The molecule has 0 atom stereocenters. The summed E-state index contributed by atoms with van der Waals surface area (Å²) < 4.78 is 22.9. The van der Waals surface area contributed by atoms with Crippen LogP contribution in [0.1, 0.15) is 48.5 Å². The van der Waals surface area contributed by atoms with Gasteiger partial charge in [-0.1, -0.05) is 0 Å². The molecule has 0 fully saturated rings. The topological polar surface area (TPSA) is 40.2 Å².